The average molecular weight is 462 g/mol. The molecule has 0 heterocycles. The van der Waals surface area contributed by atoms with Gasteiger partial charge in [0.25, 0.3) is 0 Å². The summed E-state index contributed by atoms with van der Waals surface area (Å²) in [5.74, 6) is -4.74. The maximum absolute atomic E-state index is 13.0. The molecule has 0 radical (unpaired) electrons. The lowest BCUT2D eigenvalue weighted by molar-refractivity contribution is -0.142. The van der Waals surface area contributed by atoms with Gasteiger partial charge in [-0.15, -0.1) is 0 Å². The quantitative estimate of drug-likeness (QED) is 0.157. The number of thiol groups is 1. The van der Waals surface area contributed by atoms with Crippen LogP contribution < -0.4 is 27.4 Å². The maximum atomic E-state index is 13.0. The molecule has 4 amide bonds. The molecule has 0 aromatic heterocycles. The Morgan fingerprint density at radius 2 is 1.29 bits per heavy atom. The third kappa shape index (κ3) is 9.55. The summed E-state index contributed by atoms with van der Waals surface area (Å²) >= 11 is 3.92. The Morgan fingerprint density at radius 3 is 1.65 bits per heavy atom. The van der Waals surface area contributed by atoms with Gasteiger partial charge in [-0.25, -0.2) is 4.79 Å². The van der Waals surface area contributed by atoms with Crippen LogP contribution in [0.2, 0.25) is 0 Å². The van der Waals surface area contributed by atoms with Crippen molar-refractivity contribution in [2.75, 3.05) is 5.75 Å². The highest BCUT2D eigenvalue weighted by Crippen LogP contribution is 2.13. The molecule has 0 bridgehead atoms. The zero-order valence-corrected chi connectivity index (χ0v) is 19.3. The number of carbonyl (C=O) groups is 5. The number of carboxylic acids is 1. The van der Waals surface area contributed by atoms with E-state index in [4.69, 9.17) is 16.6 Å². The van der Waals surface area contributed by atoms with E-state index >= 15 is 0 Å². The summed E-state index contributed by atoms with van der Waals surface area (Å²) in [4.78, 5) is 60.2. The number of nitrogens with one attached hydrogen (secondary N) is 3. The molecule has 12 heteroatoms. The van der Waals surface area contributed by atoms with Gasteiger partial charge in [0.05, 0.1) is 12.5 Å². The van der Waals surface area contributed by atoms with Crippen LogP contribution in [0.4, 0.5) is 0 Å². The van der Waals surface area contributed by atoms with E-state index < -0.39 is 53.8 Å². The van der Waals surface area contributed by atoms with Gasteiger partial charge in [0.2, 0.25) is 23.6 Å². The highest BCUT2D eigenvalue weighted by atomic mass is 32.1. The minimum absolute atomic E-state index is 0.119. The smallest absolute Gasteiger partial charge is 0.327 e. The fourth-order valence-electron chi connectivity index (χ4n) is 2.66. The Kier molecular flexibility index (Phi) is 12.8. The van der Waals surface area contributed by atoms with Gasteiger partial charge in [-0.05, 0) is 11.8 Å². The molecular formula is C19H35N5O6S. The van der Waals surface area contributed by atoms with Crippen LogP contribution in [-0.2, 0) is 24.0 Å². The standard InChI is InChI=1S/C19H35N5O6S/c1-5-9(3)14(17(27)22-12(8-31)19(29)30)24-18(28)15(10(4)6-2)23-16(26)11(20)7-13(21)25/h9-12,14-15,31H,5-8,20H2,1-4H3,(H2,21,25)(H,22,27)(H,23,26)(H,24,28)(H,29,30). The van der Waals surface area contributed by atoms with E-state index in [1.807, 2.05) is 13.8 Å². The van der Waals surface area contributed by atoms with Gasteiger partial charge in [-0.3, -0.25) is 19.2 Å². The fraction of sp³-hybridized carbons (Fsp3) is 0.737. The molecule has 0 rings (SSSR count). The maximum Gasteiger partial charge on any atom is 0.327 e. The monoisotopic (exact) mass is 461 g/mol. The van der Waals surface area contributed by atoms with Crippen molar-refractivity contribution in [2.45, 2.75) is 71.1 Å². The van der Waals surface area contributed by atoms with Crippen molar-refractivity contribution in [2.24, 2.45) is 23.3 Å². The molecular weight excluding hydrogens is 426 g/mol. The van der Waals surface area contributed by atoms with Crippen LogP contribution >= 0.6 is 12.6 Å². The molecule has 0 aliphatic heterocycles. The predicted molar refractivity (Wildman–Crippen MR) is 118 cm³/mol. The molecule has 0 aliphatic carbocycles. The normalized spacial score (nSPS) is 16.7. The first-order valence-electron chi connectivity index (χ1n) is 10.2. The lowest BCUT2D eigenvalue weighted by Crippen LogP contribution is -2.60. The summed E-state index contributed by atoms with van der Waals surface area (Å²) in [5, 5.41) is 16.6. The second-order valence-corrected chi connectivity index (χ2v) is 7.97. The highest BCUT2D eigenvalue weighted by Gasteiger charge is 2.34. The molecule has 8 N–H and O–H groups in total. The van der Waals surface area contributed by atoms with E-state index in [0.29, 0.717) is 12.8 Å². The molecule has 0 aliphatic rings. The van der Waals surface area contributed by atoms with E-state index in [0.717, 1.165) is 0 Å². The summed E-state index contributed by atoms with van der Waals surface area (Å²) < 4.78 is 0. The number of aliphatic carboxylic acids is 1. The van der Waals surface area contributed by atoms with Crippen molar-refractivity contribution in [3.05, 3.63) is 0 Å². The van der Waals surface area contributed by atoms with Crippen molar-refractivity contribution in [1.82, 2.24) is 16.0 Å². The lowest BCUT2D eigenvalue weighted by Gasteiger charge is -2.29. The van der Waals surface area contributed by atoms with Crippen LogP contribution in [-0.4, -0.2) is 64.6 Å². The van der Waals surface area contributed by atoms with Crippen LogP contribution in [0.15, 0.2) is 0 Å². The first-order chi connectivity index (χ1) is 14.4. The highest BCUT2D eigenvalue weighted by molar-refractivity contribution is 7.80. The van der Waals surface area contributed by atoms with Gasteiger partial charge in [0.1, 0.15) is 18.1 Å². The van der Waals surface area contributed by atoms with Crippen molar-refractivity contribution in [3.8, 4) is 0 Å². The SMILES string of the molecule is CCC(C)C(NC(=O)C(N)CC(N)=O)C(=O)NC(C(=O)NC(CS)C(=O)O)C(C)CC. The van der Waals surface area contributed by atoms with Gasteiger partial charge in [-0.2, -0.15) is 12.6 Å². The first kappa shape index (κ1) is 28.7. The average Bonchev–Trinajstić information content (AvgIpc) is 2.71. The number of nitrogens with two attached hydrogens (primary N) is 2. The molecule has 0 aromatic rings. The van der Waals surface area contributed by atoms with Crippen molar-refractivity contribution < 1.29 is 29.1 Å². The van der Waals surface area contributed by atoms with Crippen molar-refractivity contribution in [1.29, 1.82) is 0 Å². The zero-order chi connectivity index (χ0) is 24.3. The van der Waals surface area contributed by atoms with E-state index in [2.05, 4.69) is 28.6 Å². The van der Waals surface area contributed by atoms with Crippen LogP contribution in [0.1, 0.15) is 47.0 Å². The van der Waals surface area contributed by atoms with E-state index in [1.165, 1.54) is 0 Å². The molecule has 0 spiro atoms. The van der Waals surface area contributed by atoms with E-state index in [1.54, 1.807) is 13.8 Å². The number of carboxylic acid groups (broad SMARTS) is 1. The fourth-order valence-corrected chi connectivity index (χ4v) is 2.91. The van der Waals surface area contributed by atoms with Crippen LogP contribution in [0.5, 0.6) is 0 Å². The molecule has 31 heavy (non-hydrogen) atoms. The molecule has 11 nitrogen and oxygen atoms in total. The Balaban J connectivity index is 5.54. The summed E-state index contributed by atoms with van der Waals surface area (Å²) in [5.41, 5.74) is 10.7. The number of rotatable bonds is 14. The van der Waals surface area contributed by atoms with Crippen molar-refractivity contribution >= 4 is 42.2 Å². The minimum Gasteiger partial charge on any atom is -0.480 e. The Labute approximate surface area is 187 Å². The second kappa shape index (κ2) is 13.9. The van der Waals surface area contributed by atoms with Crippen LogP contribution in [0, 0.1) is 11.8 Å². The first-order valence-corrected chi connectivity index (χ1v) is 10.8. The van der Waals surface area contributed by atoms with Gasteiger partial charge in [0, 0.05) is 5.75 Å². The number of amides is 4. The van der Waals surface area contributed by atoms with Crippen LogP contribution in [0.3, 0.4) is 0 Å². The number of primary amides is 1. The van der Waals surface area contributed by atoms with Crippen molar-refractivity contribution in [3.63, 3.8) is 0 Å². The van der Waals surface area contributed by atoms with Gasteiger partial charge >= 0.3 is 5.97 Å². The summed E-state index contributed by atoms with van der Waals surface area (Å²) in [6, 6.07) is -4.47. The van der Waals surface area contributed by atoms with Gasteiger partial charge in [-0.1, -0.05) is 40.5 Å². The molecule has 0 saturated carbocycles. The third-order valence-corrected chi connectivity index (χ3v) is 5.51. The summed E-state index contributed by atoms with van der Waals surface area (Å²) in [7, 11) is 0. The van der Waals surface area contributed by atoms with E-state index in [9.17, 15) is 24.0 Å². The Bertz CT molecular complexity index is 662. The Hall–Kier alpha value is -2.34. The van der Waals surface area contributed by atoms with Crippen LogP contribution in [0.25, 0.3) is 0 Å². The Morgan fingerprint density at radius 1 is 0.871 bits per heavy atom. The summed E-state index contributed by atoms with van der Waals surface area (Å²) in [6.45, 7) is 7.12. The topological polar surface area (TPSA) is 194 Å². The molecule has 0 fully saturated rings. The second-order valence-electron chi connectivity index (χ2n) is 7.60. The lowest BCUT2D eigenvalue weighted by atomic mass is 9.94. The van der Waals surface area contributed by atoms with Gasteiger partial charge in [0.15, 0.2) is 0 Å². The molecule has 6 atom stereocenters. The number of hydrogen-bond donors (Lipinski definition) is 7. The minimum atomic E-state index is -1.24. The zero-order valence-electron chi connectivity index (χ0n) is 18.4. The predicted octanol–water partition coefficient (Wildman–Crippen LogP) is -1.25. The molecule has 0 saturated heterocycles. The number of hydrogen-bond acceptors (Lipinski definition) is 7. The third-order valence-electron chi connectivity index (χ3n) is 5.14. The van der Waals surface area contributed by atoms with E-state index in [-0.39, 0.29) is 24.0 Å². The molecule has 178 valence electrons. The largest absolute Gasteiger partial charge is 0.480 e. The molecule has 6 unspecified atom stereocenters. The van der Waals surface area contributed by atoms with Gasteiger partial charge < -0.3 is 32.5 Å². The number of carbonyl (C=O) groups excluding carboxylic acids is 4. The molecule has 0 aromatic carbocycles. The summed E-state index contributed by atoms with van der Waals surface area (Å²) in [6.07, 6.45) is 0.685.